The second-order valence-electron chi connectivity index (χ2n) is 12.2. The summed E-state index contributed by atoms with van der Waals surface area (Å²) in [5.41, 5.74) is 2.10. The standard InChI is InChI=1S/C36H38F4N6O/c37-35-29-21-26(13-15-31(29)43-44-35)34(30(22-36(38,39)40)25-9-3-1-4-10-25)27-14-16-32(41-23-27)42-28-11-7-17-45(24-28)18-8-12-33(47)46-19-5-2-6-20-46/h1,3-4,8-10,12-16,21,23,28H,2,5-7,11,17-20,22,24H2,(H,41,42)(H,43,44)/b12-8+,34-30-/t28-/m1/s1. The van der Waals surface area contributed by atoms with E-state index in [0.29, 0.717) is 40.1 Å². The van der Waals surface area contributed by atoms with Crippen LogP contribution in [0.3, 0.4) is 0 Å². The van der Waals surface area contributed by atoms with Gasteiger partial charge >= 0.3 is 6.18 Å². The number of amides is 1. The minimum atomic E-state index is -4.49. The number of benzene rings is 2. The van der Waals surface area contributed by atoms with Gasteiger partial charge in [0.2, 0.25) is 11.9 Å². The van der Waals surface area contributed by atoms with Gasteiger partial charge in [-0.25, -0.2) is 4.98 Å². The molecule has 0 unspecified atom stereocenters. The summed E-state index contributed by atoms with van der Waals surface area (Å²) in [5, 5.41) is 9.91. The molecule has 2 aromatic heterocycles. The molecule has 4 aromatic rings. The first-order chi connectivity index (χ1) is 22.7. The smallest absolute Gasteiger partial charge is 0.366 e. The average Bonchev–Trinajstić information content (AvgIpc) is 3.45. The number of pyridine rings is 1. The second-order valence-corrected chi connectivity index (χ2v) is 12.2. The summed E-state index contributed by atoms with van der Waals surface area (Å²) in [4.78, 5) is 21.3. The van der Waals surface area contributed by atoms with Crippen molar-refractivity contribution in [3.8, 4) is 0 Å². The summed E-state index contributed by atoms with van der Waals surface area (Å²) in [6, 6.07) is 16.9. The number of aromatic nitrogens is 3. The number of rotatable bonds is 9. The van der Waals surface area contributed by atoms with Crippen molar-refractivity contribution < 1.29 is 22.4 Å². The number of nitrogens with one attached hydrogen (secondary N) is 2. The van der Waals surface area contributed by atoms with E-state index in [1.807, 2.05) is 11.0 Å². The Hall–Kier alpha value is -4.51. The number of hydrogen-bond acceptors (Lipinski definition) is 5. The molecule has 47 heavy (non-hydrogen) atoms. The Labute approximate surface area is 271 Å². The maximum Gasteiger partial charge on any atom is 0.393 e. The molecule has 2 fully saturated rings. The molecule has 2 N–H and O–H groups in total. The lowest BCUT2D eigenvalue weighted by atomic mass is 9.88. The number of likely N-dealkylation sites (tertiary alicyclic amines) is 2. The highest BCUT2D eigenvalue weighted by molar-refractivity contribution is 6.00. The molecule has 6 rings (SSSR count). The highest BCUT2D eigenvalue weighted by atomic mass is 19.4. The van der Waals surface area contributed by atoms with Gasteiger partial charge in [0.05, 0.1) is 17.3 Å². The fourth-order valence-electron chi connectivity index (χ4n) is 6.52. The fourth-order valence-corrected chi connectivity index (χ4v) is 6.52. The SMILES string of the molecule is O=C(/C=C/CN1CCC[C@@H](Nc2ccc(/C(=C(/CC(F)(F)F)c3ccccc3)c3ccc4n[nH]c(F)c4c3)cn2)C1)N1CCCCC1. The maximum absolute atomic E-state index is 14.5. The lowest BCUT2D eigenvalue weighted by Crippen LogP contribution is -2.42. The van der Waals surface area contributed by atoms with Crippen molar-refractivity contribution in [3.63, 3.8) is 0 Å². The van der Waals surface area contributed by atoms with Gasteiger partial charge in [0, 0.05) is 50.1 Å². The van der Waals surface area contributed by atoms with Crippen molar-refractivity contribution in [1.29, 1.82) is 0 Å². The number of H-pyrrole nitrogens is 1. The third-order valence-electron chi connectivity index (χ3n) is 8.80. The van der Waals surface area contributed by atoms with E-state index in [0.717, 1.165) is 51.9 Å². The molecule has 0 aliphatic carbocycles. The number of alkyl halides is 3. The molecule has 0 radical (unpaired) electrons. The molecule has 2 aliphatic heterocycles. The highest BCUT2D eigenvalue weighted by Crippen LogP contribution is 2.40. The molecule has 11 heteroatoms. The molecule has 2 aromatic carbocycles. The Kier molecular flexibility index (Phi) is 10.0. The van der Waals surface area contributed by atoms with Crippen molar-refractivity contribution in [2.45, 2.75) is 50.7 Å². The Morgan fingerprint density at radius 2 is 1.74 bits per heavy atom. The summed E-state index contributed by atoms with van der Waals surface area (Å²) in [5.74, 6) is 0.0420. The van der Waals surface area contributed by atoms with E-state index in [2.05, 4.69) is 25.4 Å². The van der Waals surface area contributed by atoms with Crippen molar-refractivity contribution in [3.05, 3.63) is 102 Å². The molecular formula is C36H38F4N6O. The summed E-state index contributed by atoms with van der Waals surface area (Å²) >= 11 is 0. The number of piperidine rings is 2. The normalized spacial score (nSPS) is 18.5. The van der Waals surface area contributed by atoms with Crippen LogP contribution in [0.15, 0.2) is 79.0 Å². The van der Waals surface area contributed by atoms with Gasteiger partial charge in [-0.2, -0.15) is 22.7 Å². The van der Waals surface area contributed by atoms with Crippen LogP contribution in [0.2, 0.25) is 0 Å². The molecule has 1 atom stereocenters. The Morgan fingerprint density at radius 3 is 2.49 bits per heavy atom. The minimum absolute atomic E-state index is 0.0682. The Balaban J connectivity index is 1.23. The number of allylic oxidation sites excluding steroid dienone is 1. The van der Waals surface area contributed by atoms with Crippen molar-refractivity contribution in [2.24, 2.45) is 0 Å². The highest BCUT2D eigenvalue weighted by Gasteiger charge is 2.32. The van der Waals surface area contributed by atoms with E-state index in [-0.39, 0.29) is 22.9 Å². The number of anilines is 1. The summed E-state index contributed by atoms with van der Waals surface area (Å²) in [6.07, 6.45) is 4.79. The zero-order chi connectivity index (χ0) is 32.8. The summed E-state index contributed by atoms with van der Waals surface area (Å²) < 4.78 is 56.7. The maximum atomic E-state index is 14.5. The number of carbonyl (C=O) groups excluding carboxylic acids is 1. The number of halogens is 4. The first kappa shape index (κ1) is 32.4. The molecule has 246 valence electrons. The van der Waals surface area contributed by atoms with E-state index in [9.17, 15) is 22.4 Å². The van der Waals surface area contributed by atoms with Crippen LogP contribution in [-0.2, 0) is 4.79 Å². The Morgan fingerprint density at radius 1 is 0.957 bits per heavy atom. The molecule has 7 nitrogen and oxygen atoms in total. The zero-order valence-corrected chi connectivity index (χ0v) is 26.1. The topological polar surface area (TPSA) is 77.1 Å². The van der Waals surface area contributed by atoms with Crippen LogP contribution >= 0.6 is 0 Å². The molecule has 0 saturated carbocycles. The van der Waals surface area contributed by atoms with Gasteiger partial charge in [0.1, 0.15) is 5.82 Å². The van der Waals surface area contributed by atoms with Crippen molar-refractivity contribution in [1.82, 2.24) is 25.0 Å². The second kappa shape index (κ2) is 14.5. The zero-order valence-electron chi connectivity index (χ0n) is 26.1. The molecule has 4 heterocycles. The van der Waals surface area contributed by atoms with Crippen LogP contribution in [-0.4, -0.2) is 75.8 Å². The largest absolute Gasteiger partial charge is 0.393 e. The fraction of sp³-hybridized carbons (Fsp3) is 0.361. The first-order valence-corrected chi connectivity index (χ1v) is 16.1. The number of aromatic amines is 1. The quantitative estimate of drug-likeness (QED) is 0.112. The third-order valence-corrected chi connectivity index (χ3v) is 8.80. The van der Waals surface area contributed by atoms with E-state index < -0.39 is 18.5 Å². The van der Waals surface area contributed by atoms with Gasteiger partial charge in [-0.3, -0.25) is 14.8 Å². The number of carbonyl (C=O) groups is 1. The number of nitrogens with zero attached hydrogens (tertiary/aromatic N) is 4. The van der Waals surface area contributed by atoms with Crippen LogP contribution < -0.4 is 5.32 Å². The third kappa shape index (κ3) is 8.26. The van der Waals surface area contributed by atoms with Crippen molar-refractivity contribution in [2.75, 3.05) is 38.0 Å². The molecule has 0 bridgehead atoms. The average molecular weight is 647 g/mol. The minimum Gasteiger partial charge on any atom is -0.366 e. The molecule has 1 amide bonds. The lowest BCUT2D eigenvalue weighted by Gasteiger charge is -2.32. The number of hydrogen-bond donors (Lipinski definition) is 2. The van der Waals surface area contributed by atoms with Gasteiger partial charge < -0.3 is 10.2 Å². The van der Waals surface area contributed by atoms with Crippen molar-refractivity contribution >= 4 is 33.8 Å². The summed E-state index contributed by atoms with van der Waals surface area (Å²) in [6.45, 7) is 4.05. The van der Waals surface area contributed by atoms with E-state index >= 15 is 0 Å². The van der Waals surface area contributed by atoms with E-state index in [4.69, 9.17) is 0 Å². The summed E-state index contributed by atoms with van der Waals surface area (Å²) in [7, 11) is 0. The first-order valence-electron chi connectivity index (χ1n) is 16.1. The van der Waals surface area contributed by atoms with Crippen LogP contribution in [0.1, 0.15) is 55.2 Å². The molecule has 2 saturated heterocycles. The van der Waals surface area contributed by atoms with Gasteiger partial charge in [-0.1, -0.05) is 42.5 Å². The van der Waals surface area contributed by atoms with Gasteiger partial charge in [-0.15, -0.1) is 0 Å². The van der Waals surface area contributed by atoms with Crippen LogP contribution in [0.25, 0.3) is 22.0 Å². The lowest BCUT2D eigenvalue weighted by molar-refractivity contribution is -0.127. The van der Waals surface area contributed by atoms with Gasteiger partial charge in [0.15, 0.2) is 0 Å². The van der Waals surface area contributed by atoms with Crippen LogP contribution in [0.4, 0.5) is 23.4 Å². The molecule has 2 aliphatic rings. The Bertz CT molecular complexity index is 1730. The predicted octanol–water partition coefficient (Wildman–Crippen LogP) is 7.45. The van der Waals surface area contributed by atoms with Crippen LogP contribution in [0.5, 0.6) is 0 Å². The molecular weight excluding hydrogens is 608 g/mol. The number of fused-ring (bicyclic) bond motifs is 1. The van der Waals surface area contributed by atoms with Gasteiger partial charge in [-0.05, 0) is 85.2 Å². The van der Waals surface area contributed by atoms with Crippen LogP contribution in [0, 0.1) is 5.95 Å². The predicted molar refractivity (Wildman–Crippen MR) is 176 cm³/mol. The van der Waals surface area contributed by atoms with E-state index in [1.54, 1.807) is 66.9 Å². The monoisotopic (exact) mass is 646 g/mol. The molecule has 0 spiro atoms. The van der Waals surface area contributed by atoms with E-state index in [1.165, 1.54) is 12.5 Å². The van der Waals surface area contributed by atoms with Gasteiger partial charge in [0.25, 0.3) is 0 Å².